The summed E-state index contributed by atoms with van der Waals surface area (Å²) in [6, 6.07) is -0.561. The van der Waals surface area contributed by atoms with Gasteiger partial charge in [0.05, 0.1) is 51.2 Å². The Morgan fingerprint density at radius 2 is 1.25 bits per heavy atom. The first-order chi connectivity index (χ1) is 10.3. The van der Waals surface area contributed by atoms with Crippen molar-refractivity contribution >= 4 is 12.2 Å². The Kier molecular flexibility index (Phi) is 15.2. The minimum Gasteiger partial charge on any atom is -0.465 e. The monoisotopic (exact) mass is 856 g/mol. The van der Waals surface area contributed by atoms with E-state index in [1.54, 1.807) is 13.8 Å². The van der Waals surface area contributed by atoms with Gasteiger partial charge >= 0.3 is 12.2 Å². The van der Waals surface area contributed by atoms with Crippen LogP contribution in [0.15, 0.2) is 0 Å². The van der Waals surface area contributed by atoms with Crippen LogP contribution in [0, 0.1) is 0 Å². The zero-order valence-corrected chi connectivity index (χ0v) is 27.4. The molecule has 0 radical (unpaired) electrons. The van der Waals surface area contributed by atoms with Crippen molar-refractivity contribution in [1.29, 1.82) is 0 Å². The average Bonchev–Trinajstić information content (AvgIpc) is 2.38. The molecule has 0 aliphatic carbocycles. The predicted molar refractivity (Wildman–Crippen MR) is 78.3 cm³/mol. The molecule has 0 aromatic heterocycles. The molecule has 0 saturated heterocycles. The smallest absolute Gasteiger partial charge is 0.404 e. The molecular weight excluding hydrogens is 830 g/mol. The van der Waals surface area contributed by atoms with E-state index in [0.717, 1.165) is 0 Å². The third kappa shape index (κ3) is 16.5. The van der Waals surface area contributed by atoms with Crippen LogP contribution in [0.3, 0.4) is 0 Å². The first-order valence-electron chi connectivity index (χ1n) is 7.07. The van der Waals surface area contributed by atoms with Crippen molar-refractivity contribution in [2.24, 2.45) is 0 Å². The van der Waals surface area contributed by atoms with E-state index in [9.17, 15) is 9.59 Å². The van der Waals surface area contributed by atoms with E-state index >= 15 is 0 Å². The second-order valence-corrected chi connectivity index (χ2v) is 4.99. The van der Waals surface area contributed by atoms with Gasteiger partial charge in [-0.05, 0) is 20.8 Å². The quantitative estimate of drug-likeness (QED) is 0.214. The summed E-state index contributed by atoms with van der Waals surface area (Å²) in [5.41, 5.74) is 0. The van der Waals surface area contributed by atoms with Crippen molar-refractivity contribution in [2.45, 2.75) is 39.0 Å². The van der Waals surface area contributed by atoms with Crippen LogP contribution in [-0.2, 0) is 14.2 Å². The molecule has 24 heavy (non-hydrogen) atoms. The van der Waals surface area contributed by atoms with Crippen LogP contribution in [0.2, 0.25) is 0 Å². The van der Waals surface area contributed by atoms with Crippen molar-refractivity contribution in [1.82, 2.24) is 10.6 Å². The van der Waals surface area contributed by atoms with Crippen molar-refractivity contribution in [2.75, 3.05) is 33.0 Å². The molecule has 0 fully saturated rings. The minimum atomic E-state index is -1.08. The van der Waals surface area contributed by atoms with Crippen LogP contribution >= 0.6 is 0 Å². The molecule has 0 saturated carbocycles. The molecular formula is C13H26N2O7Rf2. The molecule has 3 unspecified atom stereocenters. The van der Waals surface area contributed by atoms with E-state index in [1.165, 1.54) is 0 Å². The Bertz CT molecular complexity index is 337. The largest absolute Gasteiger partial charge is 0.465 e. The van der Waals surface area contributed by atoms with Crippen LogP contribution in [0.25, 0.3) is 0 Å². The molecule has 134 valence electrons. The number of nitrogens with one attached hydrogen (secondary N) is 2. The Morgan fingerprint density at radius 1 is 0.833 bits per heavy atom. The third-order valence-corrected chi connectivity index (χ3v) is 2.46. The van der Waals surface area contributed by atoms with Gasteiger partial charge in [0.1, 0.15) is 0 Å². The van der Waals surface area contributed by atoms with Crippen LogP contribution in [0.5, 0.6) is 0 Å². The van der Waals surface area contributed by atoms with Gasteiger partial charge in [-0.15, -0.1) is 0 Å². The second-order valence-electron chi connectivity index (χ2n) is 4.99. The van der Waals surface area contributed by atoms with Crippen molar-refractivity contribution < 1.29 is 34.0 Å². The normalized spacial score (nSPS) is 13.6. The molecule has 0 aliphatic rings. The zero-order chi connectivity index (χ0) is 17.0. The third-order valence-electron chi connectivity index (χ3n) is 2.46. The topological polar surface area (TPSA) is 126 Å². The SMILES string of the molecule is CC(COCCOCC(C)OCC(C)NC(=O)O)NC(=O)O.[Rf].[Rf]. The van der Waals surface area contributed by atoms with Crippen LogP contribution in [0.4, 0.5) is 9.59 Å². The Balaban J connectivity index is -0.00000220. The maximum Gasteiger partial charge on any atom is 0.404 e. The van der Waals surface area contributed by atoms with E-state index in [1.807, 2.05) is 6.92 Å². The number of amides is 2. The van der Waals surface area contributed by atoms with Gasteiger partial charge in [0.25, 0.3) is 0 Å². The summed E-state index contributed by atoms with van der Waals surface area (Å²) in [6.45, 7) is 6.88. The number of ether oxygens (including phenoxy) is 3. The number of carbonyl (C=O) groups is 2. The van der Waals surface area contributed by atoms with E-state index in [0.29, 0.717) is 19.8 Å². The summed E-state index contributed by atoms with van der Waals surface area (Å²) < 4.78 is 16.0. The summed E-state index contributed by atoms with van der Waals surface area (Å²) in [5, 5.41) is 21.6. The summed E-state index contributed by atoms with van der Waals surface area (Å²) in [6.07, 6.45) is -2.32. The predicted octanol–water partition coefficient (Wildman–Crippen LogP) is 0.737. The van der Waals surface area contributed by atoms with E-state index in [4.69, 9.17) is 24.4 Å². The first kappa shape index (κ1) is 25.4. The van der Waals surface area contributed by atoms with Crippen LogP contribution in [0.1, 0.15) is 20.8 Å². The first-order valence-corrected chi connectivity index (χ1v) is 7.07. The summed E-state index contributed by atoms with van der Waals surface area (Å²) in [4.78, 5) is 20.7. The average molecular weight is 856 g/mol. The molecule has 0 aliphatic heterocycles. The summed E-state index contributed by atoms with van der Waals surface area (Å²) in [5.74, 6) is 0. The van der Waals surface area contributed by atoms with Gasteiger partial charge in [-0.25, -0.2) is 9.59 Å². The van der Waals surface area contributed by atoms with Gasteiger partial charge in [-0.3, -0.25) is 0 Å². The fraction of sp³-hybridized carbons (Fsp3) is 0.846. The van der Waals surface area contributed by atoms with Crippen molar-refractivity contribution in [3.63, 3.8) is 0 Å². The minimum absolute atomic E-state index is 0. The van der Waals surface area contributed by atoms with Gasteiger partial charge in [-0.1, -0.05) is 0 Å². The van der Waals surface area contributed by atoms with Crippen LogP contribution in [-0.4, -0.2) is 73.6 Å². The molecule has 0 heterocycles. The fourth-order valence-corrected chi connectivity index (χ4v) is 1.49. The molecule has 0 rings (SSSR count). The fourth-order valence-electron chi connectivity index (χ4n) is 1.49. The van der Waals surface area contributed by atoms with Gasteiger partial charge < -0.3 is 35.1 Å². The number of hydrogen-bond donors (Lipinski definition) is 4. The van der Waals surface area contributed by atoms with E-state index in [-0.39, 0.29) is 31.4 Å². The number of carboxylic acid groups (broad SMARTS) is 2. The maximum absolute atomic E-state index is 10.4. The van der Waals surface area contributed by atoms with Gasteiger partial charge in [0.2, 0.25) is 0 Å². The van der Waals surface area contributed by atoms with Crippen molar-refractivity contribution in [3.8, 4) is 0 Å². The molecule has 11 heteroatoms. The van der Waals surface area contributed by atoms with E-state index < -0.39 is 12.2 Å². The molecule has 4 N–H and O–H groups in total. The molecule has 0 spiro atoms. The van der Waals surface area contributed by atoms with Crippen LogP contribution < -0.4 is 10.6 Å². The molecule has 9 nitrogen and oxygen atoms in total. The molecule has 2 amide bonds. The molecule has 3 atom stereocenters. The Morgan fingerprint density at radius 3 is 1.71 bits per heavy atom. The molecule has 0 bridgehead atoms. The van der Waals surface area contributed by atoms with E-state index in [2.05, 4.69) is 10.6 Å². The van der Waals surface area contributed by atoms with Gasteiger partial charge in [0, 0.05) is 0 Å². The number of rotatable bonds is 12. The summed E-state index contributed by atoms with van der Waals surface area (Å²) in [7, 11) is 0. The summed E-state index contributed by atoms with van der Waals surface area (Å²) >= 11 is 0. The van der Waals surface area contributed by atoms with Gasteiger partial charge in [-0.2, -0.15) is 0 Å². The molecule has 0 aromatic carbocycles. The standard InChI is InChI=1S/C13H26N2O7.2Rf/c1-9(14-12(16)17)6-20-4-5-21-8-11(3)22-7-10(2)15-13(18)19;;/h9-11,14-15H,4-8H2,1-3H3,(H,16,17)(H,18,19);;. The molecule has 0 aromatic rings. The Labute approximate surface area is 129 Å². The zero-order valence-electron chi connectivity index (χ0n) is 14.6. The second kappa shape index (κ2) is 14.4. The van der Waals surface area contributed by atoms with Crippen molar-refractivity contribution in [3.05, 3.63) is 0 Å². The number of hydrogen-bond acceptors (Lipinski definition) is 5. The Hall–Kier alpha value is -3.58. The maximum atomic E-state index is 10.4. The van der Waals surface area contributed by atoms with Gasteiger partial charge in [0.15, 0.2) is 0 Å².